The third-order valence-corrected chi connectivity index (χ3v) is 5.16. The first-order chi connectivity index (χ1) is 13.1. The van der Waals surface area contributed by atoms with Crippen LogP contribution in [0.3, 0.4) is 0 Å². The van der Waals surface area contributed by atoms with Crippen molar-refractivity contribution in [1.82, 2.24) is 19.9 Å². The zero-order chi connectivity index (χ0) is 18.8. The Labute approximate surface area is 157 Å². The van der Waals surface area contributed by atoms with Crippen LogP contribution in [0.1, 0.15) is 42.5 Å². The van der Waals surface area contributed by atoms with E-state index in [4.69, 9.17) is 0 Å². The lowest BCUT2D eigenvalue weighted by atomic mass is 9.89. The van der Waals surface area contributed by atoms with E-state index in [-0.39, 0.29) is 24.1 Å². The van der Waals surface area contributed by atoms with Crippen LogP contribution in [0.25, 0.3) is 11.0 Å². The molecule has 4 rings (SSSR count). The Hall–Kier alpha value is -3.02. The molecular weight excluding hydrogens is 340 g/mol. The lowest BCUT2D eigenvalue weighted by Gasteiger charge is -2.20. The molecule has 1 aromatic carbocycles. The summed E-state index contributed by atoms with van der Waals surface area (Å²) >= 11 is 0. The number of nitrogens with zero attached hydrogens (tertiary/aromatic N) is 3. The van der Waals surface area contributed by atoms with Crippen LogP contribution in [0.2, 0.25) is 0 Å². The van der Waals surface area contributed by atoms with Crippen molar-refractivity contribution in [3.8, 4) is 0 Å². The number of hydrogen-bond donors (Lipinski definition) is 1. The monoisotopic (exact) mass is 362 g/mol. The van der Waals surface area contributed by atoms with Crippen LogP contribution in [0.15, 0.2) is 47.7 Å². The maximum absolute atomic E-state index is 12.5. The van der Waals surface area contributed by atoms with Crippen LogP contribution in [-0.4, -0.2) is 20.4 Å². The second-order valence-corrected chi connectivity index (χ2v) is 7.08. The van der Waals surface area contributed by atoms with Crippen molar-refractivity contribution in [2.24, 2.45) is 0 Å². The van der Waals surface area contributed by atoms with Crippen LogP contribution in [0.4, 0.5) is 0 Å². The number of carbonyl (C=O) groups excluding carboxylic acids is 1. The zero-order valence-corrected chi connectivity index (χ0v) is 15.3. The van der Waals surface area contributed by atoms with Crippen molar-refractivity contribution in [3.05, 3.63) is 69.9 Å². The van der Waals surface area contributed by atoms with E-state index in [0.29, 0.717) is 11.0 Å². The molecule has 0 bridgehead atoms. The van der Waals surface area contributed by atoms with E-state index in [2.05, 4.69) is 33.5 Å². The van der Waals surface area contributed by atoms with Gasteiger partial charge in [-0.05, 0) is 61.4 Å². The first-order valence-electron chi connectivity index (χ1n) is 9.33. The highest BCUT2D eigenvalue weighted by atomic mass is 16.2. The van der Waals surface area contributed by atoms with Gasteiger partial charge < -0.3 is 5.32 Å². The molecule has 6 nitrogen and oxygen atoms in total. The molecule has 2 heterocycles. The van der Waals surface area contributed by atoms with Gasteiger partial charge in [-0.25, -0.2) is 9.97 Å². The van der Waals surface area contributed by atoms with Gasteiger partial charge in [-0.1, -0.05) is 18.2 Å². The molecule has 0 saturated carbocycles. The van der Waals surface area contributed by atoms with Gasteiger partial charge in [-0.15, -0.1) is 0 Å². The van der Waals surface area contributed by atoms with Crippen molar-refractivity contribution in [2.45, 2.75) is 45.2 Å². The number of aromatic nitrogens is 3. The fourth-order valence-electron chi connectivity index (χ4n) is 3.66. The Morgan fingerprint density at radius 2 is 2.00 bits per heavy atom. The predicted molar refractivity (Wildman–Crippen MR) is 103 cm³/mol. The van der Waals surface area contributed by atoms with Crippen LogP contribution in [0.5, 0.6) is 0 Å². The predicted octanol–water partition coefficient (Wildman–Crippen LogP) is 2.55. The summed E-state index contributed by atoms with van der Waals surface area (Å²) in [5, 5.41) is 3.40. The molecular formula is C21H22N4O2. The standard InChI is InChI=1S/C21H22N4O2/c1-14(16-9-8-15-5-2-3-6-17(15)11-16)24-19(26)12-25-13-23-20-18(21(25)27)7-4-10-22-20/h4,7-11,13-14H,2-3,5-6,12H2,1H3,(H,24,26). The minimum Gasteiger partial charge on any atom is -0.348 e. The van der Waals surface area contributed by atoms with Gasteiger partial charge >= 0.3 is 0 Å². The number of aryl methyl sites for hydroxylation is 2. The molecule has 0 fully saturated rings. The van der Waals surface area contributed by atoms with Crippen LogP contribution in [-0.2, 0) is 24.2 Å². The Morgan fingerprint density at radius 3 is 2.85 bits per heavy atom. The molecule has 1 aliphatic rings. The minimum absolute atomic E-state index is 0.0635. The van der Waals surface area contributed by atoms with Crippen molar-refractivity contribution >= 4 is 16.9 Å². The smallest absolute Gasteiger partial charge is 0.263 e. The number of fused-ring (bicyclic) bond motifs is 2. The largest absolute Gasteiger partial charge is 0.348 e. The van der Waals surface area contributed by atoms with Gasteiger partial charge in [0, 0.05) is 6.20 Å². The third-order valence-electron chi connectivity index (χ3n) is 5.16. The first kappa shape index (κ1) is 17.4. The van der Waals surface area contributed by atoms with Gasteiger partial charge in [-0.2, -0.15) is 0 Å². The number of benzene rings is 1. The van der Waals surface area contributed by atoms with Gasteiger partial charge in [0.15, 0.2) is 5.65 Å². The molecule has 1 amide bonds. The van der Waals surface area contributed by atoms with E-state index in [1.54, 1.807) is 18.3 Å². The van der Waals surface area contributed by atoms with Gasteiger partial charge in [0.05, 0.1) is 11.4 Å². The van der Waals surface area contributed by atoms with E-state index < -0.39 is 0 Å². The Kier molecular flexibility index (Phi) is 4.71. The Balaban J connectivity index is 1.48. The zero-order valence-electron chi connectivity index (χ0n) is 15.3. The van der Waals surface area contributed by atoms with E-state index in [9.17, 15) is 9.59 Å². The maximum atomic E-state index is 12.5. The summed E-state index contributed by atoms with van der Waals surface area (Å²) in [4.78, 5) is 33.2. The average Bonchev–Trinajstić information content (AvgIpc) is 2.70. The molecule has 1 atom stereocenters. The van der Waals surface area contributed by atoms with E-state index in [1.807, 2.05) is 6.92 Å². The summed E-state index contributed by atoms with van der Waals surface area (Å²) in [6.45, 7) is 1.90. The molecule has 3 aromatic rings. The Bertz CT molecular complexity index is 1060. The normalized spacial score (nSPS) is 14.6. The molecule has 27 heavy (non-hydrogen) atoms. The molecule has 138 valence electrons. The van der Waals surface area contributed by atoms with Gasteiger partial charge in [0.1, 0.15) is 12.9 Å². The van der Waals surface area contributed by atoms with Crippen molar-refractivity contribution in [2.75, 3.05) is 0 Å². The number of amides is 1. The molecule has 2 aromatic heterocycles. The Morgan fingerprint density at radius 1 is 1.19 bits per heavy atom. The topological polar surface area (TPSA) is 76.9 Å². The quantitative estimate of drug-likeness (QED) is 0.774. The first-order valence-corrected chi connectivity index (χ1v) is 9.33. The molecule has 1 N–H and O–H groups in total. The number of pyridine rings is 1. The third kappa shape index (κ3) is 3.60. The minimum atomic E-state index is -0.260. The second-order valence-electron chi connectivity index (χ2n) is 7.08. The highest BCUT2D eigenvalue weighted by molar-refractivity contribution is 5.77. The van der Waals surface area contributed by atoms with Crippen LogP contribution < -0.4 is 10.9 Å². The number of hydrogen-bond acceptors (Lipinski definition) is 4. The van der Waals surface area contributed by atoms with E-state index >= 15 is 0 Å². The molecule has 6 heteroatoms. The van der Waals surface area contributed by atoms with E-state index in [0.717, 1.165) is 18.4 Å². The highest BCUT2D eigenvalue weighted by Gasteiger charge is 2.15. The fraction of sp³-hybridized carbons (Fsp3) is 0.333. The van der Waals surface area contributed by atoms with Crippen LogP contribution in [0, 0.1) is 0 Å². The van der Waals surface area contributed by atoms with Crippen molar-refractivity contribution < 1.29 is 4.79 Å². The SMILES string of the molecule is CC(NC(=O)Cn1cnc2ncccc2c1=O)c1ccc2c(c1)CCCC2. The van der Waals surface area contributed by atoms with Gasteiger partial charge in [0.25, 0.3) is 5.56 Å². The molecule has 0 saturated heterocycles. The van der Waals surface area contributed by atoms with Crippen molar-refractivity contribution in [3.63, 3.8) is 0 Å². The summed E-state index contributed by atoms with van der Waals surface area (Å²) in [6, 6.07) is 9.71. The average molecular weight is 362 g/mol. The van der Waals surface area contributed by atoms with E-state index in [1.165, 1.54) is 34.9 Å². The summed E-state index contributed by atoms with van der Waals surface area (Å²) < 4.78 is 1.32. The second kappa shape index (κ2) is 7.31. The number of carbonyl (C=O) groups is 1. The summed E-state index contributed by atoms with van der Waals surface area (Å²) in [5.74, 6) is -0.215. The maximum Gasteiger partial charge on any atom is 0.263 e. The summed E-state index contributed by atoms with van der Waals surface area (Å²) in [6.07, 6.45) is 7.69. The van der Waals surface area contributed by atoms with Crippen molar-refractivity contribution in [1.29, 1.82) is 0 Å². The number of rotatable bonds is 4. The lowest BCUT2D eigenvalue weighted by molar-refractivity contribution is -0.122. The highest BCUT2D eigenvalue weighted by Crippen LogP contribution is 2.24. The summed E-state index contributed by atoms with van der Waals surface area (Å²) in [5.41, 5.74) is 4.04. The molecule has 1 aliphatic carbocycles. The lowest BCUT2D eigenvalue weighted by Crippen LogP contribution is -2.34. The summed E-state index contributed by atoms with van der Waals surface area (Å²) in [7, 11) is 0. The van der Waals surface area contributed by atoms with Crippen LogP contribution >= 0.6 is 0 Å². The molecule has 1 unspecified atom stereocenters. The van der Waals surface area contributed by atoms with Gasteiger partial charge in [-0.3, -0.25) is 14.2 Å². The van der Waals surface area contributed by atoms with Gasteiger partial charge in [0.2, 0.25) is 5.91 Å². The number of nitrogens with one attached hydrogen (secondary N) is 1. The fourth-order valence-corrected chi connectivity index (χ4v) is 3.66. The molecule has 0 spiro atoms. The molecule has 0 aliphatic heterocycles. The molecule has 0 radical (unpaired) electrons.